The SMILES string of the molecule is O=C(O)COc1ccc(-c2cnc[nH]2)cc1. The number of carboxylic acids is 1. The second kappa shape index (κ2) is 4.48. The van der Waals surface area contributed by atoms with Crippen LogP contribution in [0.2, 0.25) is 0 Å². The lowest BCUT2D eigenvalue weighted by Gasteiger charge is -2.03. The van der Waals surface area contributed by atoms with Crippen LogP contribution >= 0.6 is 0 Å². The summed E-state index contributed by atoms with van der Waals surface area (Å²) in [6.07, 6.45) is 3.32. The van der Waals surface area contributed by atoms with Crippen molar-refractivity contribution >= 4 is 5.97 Å². The molecule has 2 rings (SSSR count). The number of benzene rings is 1. The van der Waals surface area contributed by atoms with Gasteiger partial charge in [0.05, 0.1) is 18.2 Å². The number of aliphatic carboxylic acids is 1. The van der Waals surface area contributed by atoms with Crippen molar-refractivity contribution in [3.63, 3.8) is 0 Å². The Balaban J connectivity index is 2.08. The Kier molecular flexibility index (Phi) is 2.86. The molecule has 2 aromatic rings. The molecule has 1 aromatic carbocycles. The summed E-state index contributed by atoms with van der Waals surface area (Å²) in [5.41, 5.74) is 1.88. The van der Waals surface area contributed by atoms with E-state index in [4.69, 9.17) is 9.84 Å². The normalized spacial score (nSPS) is 10.0. The molecule has 2 N–H and O–H groups in total. The largest absolute Gasteiger partial charge is 0.482 e. The standard InChI is InChI=1S/C11H10N2O3/c14-11(15)6-16-9-3-1-8(2-4-9)10-5-12-7-13-10/h1-5,7H,6H2,(H,12,13)(H,14,15). The van der Waals surface area contributed by atoms with Gasteiger partial charge in [-0.1, -0.05) is 0 Å². The molecule has 0 radical (unpaired) electrons. The second-order valence-electron chi connectivity index (χ2n) is 3.17. The van der Waals surface area contributed by atoms with Crippen molar-refractivity contribution in [1.82, 2.24) is 9.97 Å². The molecule has 0 aliphatic heterocycles. The maximum atomic E-state index is 10.3. The first kappa shape index (κ1) is 10.2. The Morgan fingerprint density at radius 3 is 2.69 bits per heavy atom. The van der Waals surface area contributed by atoms with Crippen molar-refractivity contribution in [3.05, 3.63) is 36.8 Å². The van der Waals surface area contributed by atoms with E-state index in [1.165, 1.54) is 0 Å². The van der Waals surface area contributed by atoms with Crippen LogP contribution in [-0.2, 0) is 4.79 Å². The molecule has 82 valence electrons. The van der Waals surface area contributed by atoms with Crippen LogP contribution in [0.4, 0.5) is 0 Å². The van der Waals surface area contributed by atoms with Gasteiger partial charge in [-0.2, -0.15) is 0 Å². The van der Waals surface area contributed by atoms with Crippen LogP contribution in [0.25, 0.3) is 11.3 Å². The minimum Gasteiger partial charge on any atom is -0.482 e. The molecule has 0 aliphatic carbocycles. The lowest BCUT2D eigenvalue weighted by Crippen LogP contribution is -2.09. The maximum absolute atomic E-state index is 10.3. The highest BCUT2D eigenvalue weighted by molar-refractivity contribution is 5.68. The highest BCUT2D eigenvalue weighted by Crippen LogP contribution is 2.19. The van der Waals surface area contributed by atoms with Crippen LogP contribution in [-0.4, -0.2) is 27.7 Å². The lowest BCUT2D eigenvalue weighted by molar-refractivity contribution is -0.139. The summed E-state index contributed by atoms with van der Waals surface area (Å²) in [6, 6.07) is 7.12. The Hall–Kier alpha value is -2.30. The van der Waals surface area contributed by atoms with Crippen molar-refractivity contribution in [2.75, 3.05) is 6.61 Å². The lowest BCUT2D eigenvalue weighted by atomic mass is 10.2. The topological polar surface area (TPSA) is 75.2 Å². The van der Waals surface area contributed by atoms with E-state index < -0.39 is 5.97 Å². The molecule has 0 bridgehead atoms. The summed E-state index contributed by atoms with van der Waals surface area (Å²) < 4.78 is 5.01. The molecule has 5 heteroatoms. The van der Waals surface area contributed by atoms with Crippen LogP contribution in [0.5, 0.6) is 5.75 Å². The highest BCUT2D eigenvalue weighted by atomic mass is 16.5. The van der Waals surface area contributed by atoms with Crippen molar-refractivity contribution < 1.29 is 14.6 Å². The number of nitrogens with one attached hydrogen (secondary N) is 1. The first-order chi connectivity index (χ1) is 7.75. The first-order valence-electron chi connectivity index (χ1n) is 4.69. The molecule has 1 heterocycles. The van der Waals surface area contributed by atoms with Crippen LogP contribution in [0.15, 0.2) is 36.8 Å². The third kappa shape index (κ3) is 2.38. The fraction of sp³-hybridized carbons (Fsp3) is 0.0909. The van der Waals surface area contributed by atoms with E-state index in [1.807, 2.05) is 12.1 Å². The van der Waals surface area contributed by atoms with Crippen LogP contribution in [0.1, 0.15) is 0 Å². The molecule has 0 aliphatic rings. The van der Waals surface area contributed by atoms with Crippen LogP contribution < -0.4 is 4.74 Å². The number of hydrogen-bond donors (Lipinski definition) is 2. The summed E-state index contributed by atoms with van der Waals surface area (Å²) in [7, 11) is 0. The molecular formula is C11H10N2O3. The molecule has 0 amide bonds. The van der Waals surface area contributed by atoms with Gasteiger partial charge < -0.3 is 14.8 Å². The predicted octanol–water partition coefficient (Wildman–Crippen LogP) is 1.54. The van der Waals surface area contributed by atoms with E-state index >= 15 is 0 Å². The Bertz CT molecular complexity index is 462. The Morgan fingerprint density at radius 1 is 1.38 bits per heavy atom. The van der Waals surface area contributed by atoms with Gasteiger partial charge in [-0.3, -0.25) is 0 Å². The molecule has 1 aromatic heterocycles. The smallest absolute Gasteiger partial charge is 0.341 e. The van der Waals surface area contributed by atoms with Crippen LogP contribution in [0.3, 0.4) is 0 Å². The number of carboxylic acid groups (broad SMARTS) is 1. The van der Waals surface area contributed by atoms with Gasteiger partial charge in [-0.25, -0.2) is 9.78 Å². The van der Waals surface area contributed by atoms with E-state index in [0.29, 0.717) is 5.75 Å². The molecule has 0 saturated heterocycles. The number of rotatable bonds is 4. The van der Waals surface area contributed by atoms with E-state index in [1.54, 1.807) is 24.7 Å². The van der Waals surface area contributed by atoms with Gasteiger partial charge in [-0.05, 0) is 29.8 Å². The van der Waals surface area contributed by atoms with Gasteiger partial charge in [0.1, 0.15) is 5.75 Å². The van der Waals surface area contributed by atoms with Gasteiger partial charge in [0.2, 0.25) is 0 Å². The summed E-state index contributed by atoms with van der Waals surface area (Å²) in [4.78, 5) is 17.2. The molecule has 0 spiro atoms. The third-order valence-corrected chi connectivity index (χ3v) is 2.03. The zero-order valence-electron chi connectivity index (χ0n) is 8.38. The van der Waals surface area contributed by atoms with Crippen molar-refractivity contribution in [2.45, 2.75) is 0 Å². The van der Waals surface area contributed by atoms with Crippen molar-refractivity contribution in [1.29, 1.82) is 0 Å². The zero-order valence-corrected chi connectivity index (χ0v) is 8.38. The van der Waals surface area contributed by atoms with Gasteiger partial charge >= 0.3 is 5.97 Å². The second-order valence-corrected chi connectivity index (χ2v) is 3.17. The molecular weight excluding hydrogens is 208 g/mol. The third-order valence-electron chi connectivity index (χ3n) is 2.03. The van der Waals surface area contributed by atoms with E-state index in [9.17, 15) is 4.79 Å². The number of ether oxygens (including phenoxy) is 1. The fourth-order valence-electron chi connectivity index (χ4n) is 1.29. The average molecular weight is 218 g/mol. The van der Waals surface area contributed by atoms with E-state index in [0.717, 1.165) is 11.3 Å². The summed E-state index contributed by atoms with van der Waals surface area (Å²) in [6.45, 7) is -0.330. The van der Waals surface area contributed by atoms with E-state index in [-0.39, 0.29) is 6.61 Å². The molecule has 0 saturated carbocycles. The Morgan fingerprint density at radius 2 is 2.12 bits per heavy atom. The summed E-state index contributed by atoms with van der Waals surface area (Å²) >= 11 is 0. The van der Waals surface area contributed by atoms with Crippen LogP contribution in [0, 0.1) is 0 Å². The average Bonchev–Trinajstić information content (AvgIpc) is 2.80. The monoisotopic (exact) mass is 218 g/mol. The first-order valence-corrected chi connectivity index (χ1v) is 4.69. The number of aromatic nitrogens is 2. The van der Waals surface area contributed by atoms with Gasteiger partial charge in [0, 0.05) is 0 Å². The van der Waals surface area contributed by atoms with Gasteiger partial charge in [-0.15, -0.1) is 0 Å². The number of H-pyrrole nitrogens is 1. The highest BCUT2D eigenvalue weighted by Gasteiger charge is 2.01. The van der Waals surface area contributed by atoms with Gasteiger partial charge in [0.15, 0.2) is 6.61 Å². The predicted molar refractivity (Wildman–Crippen MR) is 57.2 cm³/mol. The molecule has 5 nitrogen and oxygen atoms in total. The zero-order chi connectivity index (χ0) is 11.4. The Labute approximate surface area is 91.7 Å². The summed E-state index contributed by atoms with van der Waals surface area (Å²) in [5.74, 6) is -0.455. The molecule has 0 unspecified atom stereocenters. The number of carbonyl (C=O) groups is 1. The quantitative estimate of drug-likeness (QED) is 0.816. The molecule has 0 fully saturated rings. The van der Waals surface area contributed by atoms with Gasteiger partial charge in [0.25, 0.3) is 0 Å². The molecule has 16 heavy (non-hydrogen) atoms. The number of hydrogen-bond acceptors (Lipinski definition) is 3. The molecule has 0 atom stereocenters. The van der Waals surface area contributed by atoms with Crippen molar-refractivity contribution in [2.24, 2.45) is 0 Å². The number of aromatic amines is 1. The fourth-order valence-corrected chi connectivity index (χ4v) is 1.29. The summed E-state index contributed by atoms with van der Waals surface area (Å²) in [5, 5.41) is 8.44. The minimum absolute atomic E-state index is 0.330. The van der Waals surface area contributed by atoms with E-state index in [2.05, 4.69) is 9.97 Å². The number of imidazole rings is 1. The van der Waals surface area contributed by atoms with Crippen molar-refractivity contribution in [3.8, 4) is 17.0 Å². The minimum atomic E-state index is -0.988. The maximum Gasteiger partial charge on any atom is 0.341 e. The number of nitrogens with zero attached hydrogens (tertiary/aromatic N) is 1.